The first-order valence-electron chi connectivity index (χ1n) is 6.68. The smallest absolute Gasteiger partial charge is 0.309 e. The number of oxazole rings is 1. The van der Waals surface area contributed by atoms with Crippen LogP contribution in [0.4, 0.5) is 0 Å². The van der Waals surface area contributed by atoms with Crippen molar-refractivity contribution in [1.82, 2.24) is 4.98 Å². The van der Waals surface area contributed by atoms with Crippen LogP contribution in [-0.4, -0.2) is 22.3 Å². The van der Waals surface area contributed by atoms with Crippen molar-refractivity contribution >= 4 is 40.7 Å². The van der Waals surface area contributed by atoms with E-state index in [9.17, 15) is 4.79 Å². The van der Waals surface area contributed by atoms with Gasteiger partial charge < -0.3 is 9.52 Å². The van der Waals surface area contributed by atoms with Crippen LogP contribution in [0.3, 0.4) is 0 Å². The molecule has 0 atom stereocenters. The molecule has 7 heteroatoms. The van der Waals surface area contributed by atoms with Gasteiger partial charge in [0.2, 0.25) is 5.89 Å². The largest absolute Gasteiger partial charge is 0.481 e. The first kappa shape index (κ1) is 16.1. The van der Waals surface area contributed by atoms with Gasteiger partial charge >= 0.3 is 5.97 Å². The maximum atomic E-state index is 11.1. The molecule has 118 valence electrons. The Balaban J connectivity index is 2.04. The molecular weight excluding hydrogens is 354 g/mol. The summed E-state index contributed by atoms with van der Waals surface area (Å²) < 4.78 is 6.46. The number of rotatable bonds is 5. The van der Waals surface area contributed by atoms with E-state index in [1.54, 1.807) is 23.9 Å². The number of carbonyl (C=O) groups is 1. The van der Waals surface area contributed by atoms with Gasteiger partial charge in [-0.3, -0.25) is 4.79 Å². The molecule has 23 heavy (non-hydrogen) atoms. The fraction of sp³-hybridized carbons (Fsp3) is 0.125. The second-order valence-corrected chi connectivity index (χ2v) is 7.29. The van der Waals surface area contributed by atoms with Crippen LogP contribution >= 0.6 is 34.7 Å². The third kappa shape index (κ3) is 3.60. The standard InChI is InChI=1S/C16H12ClNO3S2/c1-22-10-4-2-9(3-5-10)16-18-11(8-14(19)20)15(21-16)12-6-7-13(17)23-12/h2-7H,8H2,1H3,(H,19,20). The highest BCUT2D eigenvalue weighted by Gasteiger charge is 2.20. The normalized spacial score (nSPS) is 10.9. The Morgan fingerprint density at radius 3 is 2.61 bits per heavy atom. The molecule has 0 aliphatic carbocycles. The molecule has 0 aliphatic rings. The van der Waals surface area contributed by atoms with Crippen molar-refractivity contribution in [2.45, 2.75) is 11.3 Å². The lowest BCUT2D eigenvalue weighted by Gasteiger charge is -1.97. The molecule has 0 bridgehead atoms. The summed E-state index contributed by atoms with van der Waals surface area (Å²) in [5.41, 5.74) is 1.21. The van der Waals surface area contributed by atoms with Crippen molar-refractivity contribution in [2.24, 2.45) is 0 Å². The molecule has 3 aromatic rings. The Hall–Kier alpha value is -1.76. The second kappa shape index (κ2) is 6.78. The van der Waals surface area contributed by atoms with Gasteiger partial charge in [-0.25, -0.2) is 4.98 Å². The van der Waals surface area contributed by atoms with E-state index >= 15 is 0 Å². The molecule has 0 fully saturated rings. The molecule has 1 aromatic carbocycles. The Kier molecular flexibility index (Phi) is 4.75. The molecule has 0 saturated carbocycles. The van der Waals surface area contributed by atoms with Crippen LogP contribution in [0.15, 0.2) is 45.7 Å². The third-order valence-electron chi connectivity index (χ3n) is 3.15. The monoisotopic (exact) mass is 365 g/mol. The van der Waals surface area contributed by atoms with Gasteiger partial charge in [-0.15, -0.1) is 23.1 Å². The lowest BCUT2D eigenvalue weighted by atomic mass is 10.2. The van der Waals surface area contributed by atoms with Gasteiger partial charge in [0.05, 0.1) is 21.3 Å². The van der Waals surface area contributed by atoms with Crippen LogP contribution in [-0.2, 0) is 11.2 Å². The van der Waals surface area contributed by atoms with Gasteiger partial charge in [0.15, 0.2) is 5.76 Å². The average Bonchev–Trinajstić information content (AvgIpc) is 3.13. The Morgan fingerprint density at radius 1 is 1.30 bits per heavy atom. The zero-order valence-corrected chi connectivity index (χ0v) is 14.5. The van der Waals surface area contributed by atoms with Gasteiger partial charge in [-0.2, -0.15) is 0 Å². The number of aliphatic carboxylic acids is 1. The molecule has 0 amide bonds. The van der Waals surface area contributed by atoms with E-state index in [1.807, 2.05) is 30.5 Å². The van der Waals surface area contributed by atoms with Crippen molar-refractivity contribution in [3.05, 3.63) is 46.4 Å². The van der Waals surface area contributed by atoms with E-state index < -0.39 is 5.97 Å². The molecular formula is C16H12ClNO3S2. The van der Waals surface area contributed by atoms with Crippen LogP contribution in [0, 0.1) is 0 Å². The molecule has 0 spiro atoms. The van der Waals surface area contributed by atoms with Crippen LogP contribution in [0.2, 0.25) is 4.34 Å². The number of aromatic nitrogens is 1. The van der Waals surface area contributed by atoms with Gasteiger partial charge in [0, 0.05) is 10.5 Å². The summed E-state index contributed by atoms with van der Waals surface area (Å²) in [6, 6.07) is 11.3. The first-order valence-corrected chi connectivity index (χ1v) is 9.10. The second-order valence-electron chi connectivity index (χ2n) is 4.70. The fourth-order valence-electron chi connectivity index (χ4n) is 2.10. The molecule has 1 N–H and O–H groups in total. The number of halogens is 1. The summed E-state index contributed by atoms with van der Waals surface area (Å²) in [4.78, 5) is 17.4. The van der Waals surface area contributed by atoms with E-state index in [-0.39, 0.29) is 6.42 Å². The van der Waals surface area contributed by atoms with Gasteiger partial charge in [0.25, 0.3) is 0 Å². The maximum Gasteiger partial charge on any atom is 0.309 e. The molecule has 2 heterocycles. The molecule has 0 saturated heterocycles. The van der Waals surface area contributed by atoms with E-state index in [4.69, 9.17) is 21.1 Å². The Labute approximate surface area is 146 Å². The number of carboxylic acids is 1. The summed E-state index contributed by atoms with van der Waals surface area (Å²) >= 11 is 8.94. The third-order valence-corrected chi connectivity index (χ3v) is 5.12. The van der Waals surface area contributed by atoms with Crippen LogP contribution < -0.4 is 0 Å². The zero-order valence-electron chi connectivity index (χ0n) is 12.1. The zero-order chi connectivity index (χ0) is 16.4. The molecule has 0 aliphatic heterocycles. The highest BCUT2D eigenvalue weighted by atomic mass is 35.5. The number of nitrogens with zero attached hydrogens (tertiary/aromatic N) is 1. The molecule has 0 unspecified atom stereocenters. The summed E-state index contributed by atoms with van der Waals surface area (Å²) in [5.74, 6) is -0.0758. The van der Waals surface area contributed by atoms with Crippen LogP contribution in [0.1, 0.15) is 5.69 Å². The van der Waals surface area contributed by atoms with Crippen molar-refractivity contribution in [1.29, 1.82) is 0 Å². The lowest BCUT2D eigenvalue weighted by molar-refractivity contribution is -0.136. The predicted molar refractivity (Wildman–Crippen MR) is 93.4 cm³/mol. The minimum atomic E-state index is -0.952. The molecule has 3 rings (SSSR count). The number of hydrogen-bond donors (Lipinski definition) is 1. The van der Waals surface area contributed by atoms with E-state index in [0.29, 0.717) is 21.7 Å². The SMILES string of the molecule is CSc1ccc(-c2nc(CC(=O)O)c(-c3ccc(Cl)s3)o2)cc1. The first-order chi connectivity index (χ1) is 11.1. The number of benzene rings is 1. The van der Waals surface area contributed by atoms with Gasteiger partial charge in [0.1, 0.15) is 0 Å². The Morgan fingerprint density at radius 2 is 2.04 bits per heavy atom. The number of thioether (sulfide) groups is 1. The summed E-state index contributed by atoms with van der Waals surface area (Å²) in [6.07, 6.45) is 1.81. The van der Waals surface area contributed by atoms with E-state index in [2.05, 4.69) is 4.98 Å². The summed E-state index contributed by atoms with van der Waals surface area (Å²) in [7, 11) is 0. The van der Waals surface area contributed by atoms with E-state index in [0.717, 1.165) is 15.3 Å². The predicted octanol–water partition coefficient (Wildman–Crippen LogP) is 5.07. The highest BCUT2D eigenvalue weighted by Crippen LogP contribution is 2.36. The fourth-order valence-corrected chi connectivity index (χ4v) is 3.56. The van der Waals surface area contributed by atoms with Crippen LogP contribution in [0.25, 0.3) is 22.1 Å². The molecule has 4 nitrogen and oxygen atoms in total. The molecule has 0 radical (unpaired) electrons. The van der Waals surface area contributed by atoms with E-state index in [1.165, 1.54) is 11.3 Å². The van der Waals surface area contributed by atoms with Crippen molar-refractivity contribution in [3.8, 4) is 22.1 Å². The summed E-state index contributed by atoms with van der Waals surface area (Å²) in [6.45, 7) is 0. The number of thiophene rings is 1. The van der Waals surface area contributed by atoms with Crippen molar-refractivity contribution in [3.63, 3.8) is 0 Å². The average molecular weight is 366 g/mol. The van der Waals surface area contributed by atoms with Gasteiger partial charge in [-0.1, -0.05) is 11.6 Å². The van der Waals surface area contributed by atoms with Crippen molar-refractivity contribution < 1.29 is 14.3 Å². The topological polar surface area (TPSA) is 63.3 Å². The minimum Gasteiger partial charge on any atom is -0.481 e. The number of hydrogen-bond acceptors (Lipinski definition) is 5. The highest BCUT2D eigenvalue weighted by molar-refractivity contribution is 7.98. The van der Waals surface area contributed by atoms with Gasteiger partial charge in [-0.05, 0) is 42.7 Å². The summed E-state index contributed by atoms with van der Waals surface area (Å²) in [5, 5.41) is 9.08. The molecule has 2 aromatic heterocycles. The number of carboxylic acid groups (broad SMARTS) is 1. The minimum absolute atomic E-state index is 0.197. The Bertz CT molecular complexity index is 839. The quantitative estimate of drug-likeness (QED) is 0.639. The van der Waals surface area contributed by atoms with Crippen molar-refractivity contribution in [2.75, 3.05) is 6.26 Å². The van der Waals surface area contributed by atoms with Crippen LogP contribution in [0.5, 0.6) is 0 Å². The maximum absolute atomic E-state index is 11.1. The lowest BCUT2D eigenvalue weighted by Crippen LogP contribution is -2.01.